The Hall–Kier alpha value is -4.07. The van der Waals surface area contributed by atoms with Crippen molar-refractivity contribution in [1.82, 2.24) is 0 Å². The summed E-state index contributed by atoms with van der Waals surface area (Å²) in [5, 5.41) is 28.5. The van der Waals surface area contributed by atoms with E-state index in [4.69, 9.17) is 0 Å². The number of anilines is 3. The van der Waals surface area contributed by atoms with Gasteiger partial charge < -0.3 is 4.90 Å². The van der Waals surface area contributed by atoms with Gasteiger partial charge in [0, 0.05) is 0 Å². The predicted molar refractivity (Wildman–Crippen MR) is 95.3 cm³/mol. The van der Waals surface area contributed by atoms with E-state index in [1.807, 2.05) is 18.2 Å². The molecule has 0 saturated heterocycles. The molecule has 25 heavy (non-hydrogen) atoms. The Balaban J connectivity index is 2.36. The number of nitrogens with zero attached hydrogens (tertiary/aromatic N) is 4. The summed E-state index contributed by atoms with van der Waals surface area (Å²) in [7, 11) is 0. The molecule has 116 valence electrons. The number of para-hydroxylation sites is 3. The van der Waals surface area contributed by atoms with Crippen molar-refractivity contribution < 1.29 is 0 Å². The molecule has 3 rings (SSSR count). The van der Waals surface area contributed by atoms with E-state index in [1.165, 1.54) is 0 Å². The summed E-state index contributed by atoms with van der Waals surface area (Å²) >= 11 is 0. The van der Waals surface area contributed by atoms with Gasteiger partial charge in [0.1, 0.15) is 18.2 Å². The molecule has 0 aliphatic rings. The number of hydrogen-bond donors (Lipinski definition) is 0. The van der Waals surface area contributed by atoms with Crippen LogP contribution in [0.4, 0.5) is 17.1 Å². The highest BCUT2D eigenvalue weighted by atomic mass is 15.1. The number of hydrogen-bond acceptors (Lipinski definition) is 4. The molecule has 4 nitrogen and oxygen atoms in total. The highest BCUT2D eigenvalue weighted by Gasteiger charge is 2.20. The van der Waals surface area contributed by atoms with Crippen molar-refractivity contribution in [3.63, 3.8) is 0 Å². The fraction of sp³-hybridized carbons (Fsp3) is 0. The molecule has 0 radical (unpaired) electrons. The third-order valence-corrected chi connectivity index (χ3v) is 3.80. The molecule has 0 fully saturated rings. The van der Waals surface area contributed by atoms with Crippen molar-refractivity contribution in [1.29, 1.82) is 15.8 Å². The van der Waals surface area contributed by atoms with E-state index < -0.39 is 0 Å². The van der Waals surface area contributed by atoms with Crippen molar-refractivity contribution in [2.75, 3.05) is 4.90 Å². The van der Waals surface area contributed by atoms with E-state index in [0.717, 1.165) is 0 Å². The average Bonchev–Trinajstić information content (AvgIpc) is 2.69. The zero-order chi connectivity index (χ0) is 17.6. The van der Waals surface area contributed by atoms with Crippen LogP contribution in [0.25, 0.3) is 0 Å². The molecule has 3 aromatic carbocycles. The SMILES string of the molecule is N#Cc1ccccc1N(c1ccccc1C#N)c1ccccc1C#N. The number of benzene rings is 3. The first-order valence-corrected chi connectivity index (χ1v) is 7.57. The van der Waals surface area contributed by atoms with Crippen LogP contribution in [0.3, 0.4) is 0 Å². The number of rotatable bonds is 3. The predicted octanol–water partition coefficient (Wildman–Crippen LogP) is 4.77. The summed E-state index contributed by atoms with van der Waals surface area (Å²) in [6, 6.07) is 27.9. The van der Waals surface area contributed by atoms with Gasteiger partial charge in [-0.2, -0.15) is 15.8 Å². The first kappa shape index (κ1) is 15.8. The van der Waals surface area contributed by atoms with E-state index in [2.05, 4.69) is 18.2 Å². The first-order chi connectivity index (χ1) is 12.3. The fourth-order valence-electron chi connectivity index (χ4n) is 2.68. The molecule has 3 aromatic rings. The lowest BCUT2D eigenvalue weighted by molar-refractivity contribution is 1.25. The maximum Gasteiger partial charge on any atom is 0.101 e. The van der Waals surface area contributed by atoms with Crippen LogP contribution in [0.5, 0.6) is 0 Å². The van der Waals surface area contributed by atoms with Gasteiger partial charge in [-0.3, -0.25) is 0 Å². The van der Waals surface area contributed by atoms with Gasteiger partial charge in [0.05, 0.1) is 33.8 Å². The van der Waals surface area contributed by atoms with Gasteiger partial charge in [-0.1, -0.05) is 36.4 Å². The lowest BCUT2D eigenvalue weighted by Crippen LogP contribution is -2.14. The Labute approximate surface area is 146 Å². The van der Waals surface area contributed by atoms with Gasteiger partial charge in [0.15, 0.2) is 0 Å². The maximum atomic E-state index is 9.51. The van der Waals surface area contributed by atoms with Crippen LogP contribution in [0.2, 0.25) is 0 Å². The minimum absolute atomic E-state index is 0.461. The van der Waals surface area contributed by atoms with Crippen molar-refractivity contribution >= 4 is 17.1 Å². The molecule has 0 amide bonds. The maximum absolute atomic E-state index is 9.51. The Morgan fingerprint density at radius 1 is 0.480 bits per heavy atom. The molecule has 0 saturated carbocycles. The Morgan fingerprint density at radius 2 is 0.760 bits per heavy atom. The molecule has 0 heterocycles. The molecule has 0 bridgehead atoms. The molecule has 0 atom stereocenters. The van der Waals surface area contributed by atoms with E-state index in [-0.39, 0.29) is 0 Å². The standard InChI is InChI=1S/C21H12N4/c22-13-16-7-1-4-10-19(16)25(20-11-5-2-8-17(20)14-23)21-12-6-3-9-18(21)15-24/h1-12H. The highest BCUT2D eigenvalue weighted by molar-refractivity contribution is 5.85. The van der Waals surface area contributed by atoms with Crippen molar-refractivity contribution in [2.24, 2.45) is 0 Å². The Kier molecular flexibility index (Phi) is 4.43. The second-order valence-corrected chi connectivity index (χ2v) is 5.22. The van der Waals surface area contributed by atoms with Crippen LogP contribution in [0, 0.1) is 34.0 Å². The summed E-state index contributed by atoms with van der Waals surface area (Å²) in [6.07, 6.45) is 0. The molecule has 0 spiro atoms. The molecule has 0 N–H and O–H groups in total. The monoisotopic (exact) mass is 320 g/mol. The van der Waals surface area contributed by atoms with Gasteiger partial charge in [-0.15, -0.1) is 0 Å². The molecule has 0 unspecified atom stereocenters. The quantitative estimate of drug-likeness (QED) is 0.696. The highest BCUT2D eigenvalue weighted by Crippen LogP contribution is 2.39. The van der Waals surface area contributed by atoms with Crippen LogP contribution >= 0.6 is 0 Å². The zero-order valence-electron chi connectivity index (χ0n) is 13.2. The minimum atomic E-state index is 0.461. The van der Waals surface area contributed by atoms with E-state index in [1.54, 1.807) is 59.5 Å². The van der Waals surface area contributed by atoms with Gasteiger partial charge in [-0.25, -0.2) is 0 Å². The topological polar surface area (TPSA) is 74.6 Å². The lowest BCUT2D eigenvalue weighted by Gasteiger charge is -2.27. The largest absolute Gasteiger partial charge is 0.306 e. The zero-order valence-corrected chi connectivity index (χ0v) is 13.2. The third-order valence-electron chi connectivity index (χ3n) is 3.80. The normalized spacial score (nSPS) is 9.48. The molecule has 0 aliphatic carbocycles. The van der Waals surface area contributed by atoms with Crippen LogP contribution in [-0.4, -0.2) is 0 Å². The summed E-state index contributed by atoms with van der Waals surface area (Å²) in [6.45, 7) is 0. The molecule has 0 aromatic heterocycles. The summed E-state index contributed by atoms with van der Waals surface area (Å²) in [5.41, 5.74) is 3.25. The second-order valence-electron chi connectivity index (χ2n) is 5.22. The van der Waals surface area contributed by atoms with E-state index in [9.17, 15) is 15.8 Å². The van der Waals surface area contributed by atoms with E-state index in [0.29, 0.717) is 33.8 Å². The first-order valence-electron chi connectivity index (χ1n) is 7.57. The van der Waals surface area contributed by atoms with Crippen LogP contribution in [0.1, 0.15) is 16.7 Å². The van der Waals surface area contributed by atoms with Gasteiger partial charge in [0.25, 0.3) is 0 Å². The van der Waals surface area contributed by atoms with Gasteiger partial charge >= 0.3 is 0 Å². The van der Waals surface area contributed by atoms with Crippen LogP contribution in [-0.2, 0) is 0 Å². The number of nitriles is 3. The Morgan fingerprint density at radius 3 is 1.04 bits per heavy atom. The van der Waals surface area contributed by atoms with Crippen molar-refractivity contribution in [2.45, 2.75) is 0 Å². The fourth-order valence-corrected chi connectivity index (χ4v) is 2.68. The average molecular weight is 320 g/mol. The smallest absolute Gasteiger partial charge is 0.101 e. The van der Waals surface area contributed by atoms with Crippen molar-refractivity contribution in [3.8, 4) is 18.2 Å². The van der Waals surface area contributed by atoms with Crippen molar-refractivity contribution in [3.05, 3.63) is 89.5 Å². The third kappa shape index (κ3) is 2.91. The van der Waals surface area contributed by atoms with E-state index >= 15 is 0 Å². The summed E-state index contributed by atoms with van der Waals surface area (Å²) in [4.78, 5) is 1.79. The molecular formula is C21H12N4. The molecule has 4 heteroatoms. The Bertz CT molecular complexity index is 912. The van der Waals surface area contributed by atoms with Gasteiger partial charge in [-0.05, 0) is 36.4 Å². The van der Waals surface area contributed by atoms with Crippen LogP contribution in [0.15, 0.2) is 72.8 Å². The molecule has 0 aliphatic heterocycles. The second kappa shape index (κ2) is 7.01. The summed E-state index contributed by atoms with van der Waals surface area (Å²) < 4.78 is 0. The lowest BCUT2D eigenvalue weighted by atomic mass is 10.1. The molecular weight excluding hydrogens is 308 g/mol. The van der Waals surface area contributed by atoms with Crippen LogP contribution < -0.4 is 4.90 Å². The minimum Gasteiger partial charge on any atom is -0.306 e. The summed E-state index contributed by atoms with van der Waals surface area (Å²) in [5.74, 6) is 0. The van der Waals surface area contributed by atoms with Gasteiger partial charge in [0.2, 0.25) is 0 Å².